The molecule has 2 amide bonds. The lowest BCUT2D eigenvalue weighted by Gasteiger charge is -2.23. The van der Waals surface area contributed by atoms with Crippen molar-refractivity contribution < 1.29 is 14.3 Å². The molecule has 0 aliphatic heterocycles. The summed E-state index contributed by atoms with van der Waals surface area (Å²) in [5.41, 5.74) is 9.52. The molecule has 0 heterocycles. The molecule has 0 saturated heterocycles. The average Bonchev–Trinajstić information content (AvgIpc) is 3.08. The molecule has 7 heteroatoms. The minimum Gasteiger partial charge on any atom is -0.461 e. The first-order valence-electron chi connectivity index (χ1n) is 9.22. The lowest BCUT2D eigenvalue weighted by atomic mass is 10.1. The normalized spacial score (nSPS) is 17.3. The van der Waals surface area contributed by atoms with Crippen LogP contribution < -0.4 is 16.4 Å². The van der Waals surface area contributed by atoms with Gasteiger partial charge in [-0.15, -0.1) is 0 Å². The maximum atomic E-state index is 12.3. The van der Waals surface area contributed by atoms with Crippen LogP contribution in [0.1, 0.15) is 35.6 Å². The average molecular weight is 493 g/mol. The van der Waals surface area contributed by atoms with E-state index in [9.17, 15) is 9.59 Å². The number of esters is 1. The molecule has 0 spiro atoms. The molecule has 148 valence electrons. The number of hydrogen-bond acceptors (Lipinski definition) is 4. The molecule has 2 aromatic rings. The van der Waals surface area contributed by atoms with Gasteiger partial charge in [0.25, 0.3) is 0 Å². The van der Waals surface area contributed by atoms with Gasteiger partial charge < -0.3 is 21.1 Å². The Morgan fingerprint density at radius 2 is 1.86 bits per heavy atom. The number of urea groups is 1. The second-order valence-electron chi connectivity index (χ2n) is 6.97. The van der Waals surface area contributed by atoms with E-state index in [0.29, 0.717) is 0 Å². The van der Waals surface area contributed by atoms with Crippen molar-refractivity contribution in [2.24, 2.45) is 5.73 Å². The van der Waals surface area contributed by atoms with Gasteiger partial charge in [0.1, 0.15) is 6.61 Å². The molecule has 2 aromatic carbocycles. The molecule has 0 aromatic heterocycles. The Bertz CT molecular complexity index is 827. The molecule has 0 radical (unpaired) electrons. The fraction of sp³-hybridized carbons (Fsp3) is 0.333. The number of hydrogen-bond donors (Lipinski definition) is 3. The largest absolute Gasteiger partial charge is 0.461 e. The van der Waals surface area contributed by atoms with Gasteiger partial charge in [-0.1, -0.05) is 77.2 Å². The molecular weight excluding hydrogens is 469 g/mol. The summed E-state index contributed by atoms with van der Waals surface area (Å²) in [6.07, 6.45) is 1.85. The van der Waals surface area contributed by atoms with Gasteiger partial charge in [0.15, 0.2) is 0 Å². The van der Waals surface area contributed by atoms with Crippen LogP contribution in [0.3, 0.4) is 0 Å². The number of aryl methyl sites for hydroxylation is 1. The summed E-state index contributed by atoms with van der Waals surface area (Å²) in [4.78, 5) is 24.3. The van der Waals surface area contributed by atoms with Gasteiger partial charge in [0, 0.05) is 6.54 Å². The predicted molar refractivity (Wildman–Crippen MR) is 116 cm³/mol. The fourth-order valence-electron chi connectivity index (χ4n) is 3.24. The second kappa shape index (κ2) is 9.38. The summed E-state index contributed by atoms with van der Waals surface area (Å²) in [5.74, 6) is -0.396. The van der Waals surface area contributed by atoms with Crippen molar-refractivity contribution >= 4 is 34.6 Å². The summed E-state index contributed by atoms with van der Waals surface area (Å²) in [6, 6.07) is 17.3. The van der Waals surface area contributed by atoms with Gasteiger partial charge in [0.2, 0.25) is 0 Å². The van der Waals surface area contributed by atoms with Crippen LogP contribution >= 0.6 is 22.6 Å². The van der Waals surface area contributed by atoms with E-state index in [4.69, 9.17) is 10.5 Å². The van der Waals surface area contributed by atoms with Crippen molar-refractivity contribution in [3.05, 3.63) is 71.3 Å². The summed E-state index contributed by atoms with van der Waals surface area (Å²) in [7, 11) is 0. The number of nitrogens with one attached hydrogen (secondary N) is 2. The van der Waals surface area contributed by atoms with E-state index in [1.165, 1.54) is 5.56 Å². The van der Waals surface area contributed by atoms with Crippen LogP contribution in [-0.4, -0.2) is 22.1 Å². The summed E-state index contributed by atoms with van der Waals surface area (Å²) < 4.78 is 4.35. The van der Waals surface area contributed by atoms with E-state index in [2.05, 4.69) is 16.7 Å². The van der Waals surface area contributed by atoms with E-state index < -0.39 is 9.51 Å². The summed E-state index contributed by atoms with van der Waals surface area (Å²) in [6.45, 7) is 0.371. The van der Waals surface area contributed by atoms with E-state index in [0.717, 1.165) is 24.0 Å². The van der Waals surface area contributed by atoms with Crippen LogP contribution in [0.15, 0.2) is 54.6 Å². The molecule has 1 aliphatic rings. The topological polar surface area (TPSA) is 93.5 Å². The highest BCUT2D eigenvalue weighted by molar-refractivity contribution is 14.1. The fourth-order valence-corrected chi connectivity index (χ4v) is 3.74. The van der Waals surface area contributed by atoms with Gasteiger partial charge in [-0.05, 0) is 29.5 Å². The van der Waals surface area contributed by atoms with Crippen LogP contribution in [0, 0.1) is 0 Å². The highest BCUT2D eigenvalue weighted by Crippen LogP contribution is 2.30. The van der Waals surface area contributed by atoms with Gasteiger partial charge in [-0.2, -0.15) is 0 Å². The molecule has 2 atom stereocenters. The Hall–Kier alpha value is -2.13. The van der Waals surface area contributed by atoms with Crippen LogP contribution in [0.4, 0.5) is 4.79 Å². The number of ether oxygens (including phenoxy) is 1. The molecular formula is C21H24IN3O3. The molecule has 1 aliphatic carbocycles. The maximum Gasteiger partial charge on any atom is 0.315 e. The lowest BCUT2D eigenvalue weighted by molar-refractivity contribution is -0.145. The first-order valence-corrected chi connectivity index (χ1v) is 10.3. The van der Waals surface area contributed by atoms with E-state index in [-0.39, 0.29) is 31.6 Å². The number of halogens is 1. The third-order valence-electron chi connectivity index (χ3n) is 4.66. The first-order chi connectivity index (χ1) is 13.4. The third-order valence-corrected chi connectivity index (χ3v) is 5.42. The molecule has 0 bridgehead atoms. The minimum absolute atomic E-state index is 0.00688. The number of carbonyl (C=O) groups is 2. The van der Waals surface area contributed by atoms with E-state index in [1.807, 2.05) is 71.1 Å². The van der Waals surface area contributed by atoms with Crippen LogP contribution in [0.2, 0.25) is 0 Å². The van der Waals surface area contributed by atoms with Gasteiger partial charge in [-0.25, -0.2) is 4.79 Å². The SMILES string of the molecule is N[C@](I)(CNC(=O)N[C@@H]1CCc2ccccc21)CC(=O)OCc1ccccc1. The molecule has 0 saturated carbocycles. The second-order valence-corrected chi connectivity index (χ2v) is 9.12. The number of carbonyl (C=O) groups excluding carboxylic acids is 2. The number of benzene rings is 2. The minimum atomic E-state index is -0.920. The van der Waals surface area contributed by atoms with Gasteiger partial charge >= 0.3 is 12.0 Å². The van der Waals surface area contributed by atoms with Crippen molar-refractivity contribution in [3.8, 4) is 0 Å². The Kier molecular flexibility index (Phi) is 6.90. The summed E-state index contributed by atoms with van der Waals surface area (Å²) >= 11 is 1.98. The van der Waals surface area contributed by atoms with Crippen molar-refractivity contribution in [1.82, 2.24) is 10.6 Å². The van der Waals surface area contributed by atoms with E-state index in [1.54, 1.807) is 0 Å². The molecule has 6 nitrogen and oxygen atoms in total. The number of alkyl halides is 1. The molecule has 0 fully saturated rings. The molecule has 0 unspecified atom stereocenters. The van der Waals surface area contributed by atoms with Crippen molar-refractivity contribution in [2.45, 2.75) is 35.5 Å². The number of amides is 2. The smallest absolute Gasteiger partial charge is 0.315 e. The number of fused-ring (bicyclic) bond motifs is 1. The highest BCUT2D eigenvalue weighted by atomic mass is 127. The zero-order valence-corrected chi connectivity index (χ0v) is 17.6. The van der Waals surface area contributed by atoms with Crippen molar-refractivity contribution in [1.29, 1.82) is 0 Å². The Morgan fingerprint density at radius 3 is 2.64 bits per heavy atom. The Balaban J connectivity index is 1.41. The standard InChI is InChI=1S/C21H24IN3O3/c22-21(23,12-19(26)28-13-15-6-2-1-3-7-15)14-24-20(27)25-18-11-10-16-8-4-5-9-17(16)18/h1-9,18H,10-14,23H2,(H2,24,25,27)/t18-,21+/m1/s1. The monoisotopic (exact) mass is 493 g/mol. The Morgan fingerprint density at radius 1 is 1.14 bits per heavy atom. The lowest BCUT2D eigenvalue weighted by Crippen LogP contribution is -2.49. The highest BCUT2D eigenvalue weighted by Gasteiger charge is 2.28. The first kappa shape index (κ1) is 20.6. The van der Waals surface area contributed by atoms with Crippen molar-refractivity contribution in [2.75, 3.05) is 6.54 Å². The zero-order chi connectivity index (χ0) is 20.0. The van der Waals surface area contributed by atoms with Crippen LogP contribution in [0.25, 0.3) is 0 Å². The Labute approximate surface area is 178 Å². The quantitative estimate of drug-likeness (QED) is 0.239. The van der Waals surface area contributed by atoms with Gasteiger partial charge in [0.05, 0.1) is 16.0 Å². The number of nitrogens with two attached hydrogens (primary N) is 1. The number of rotatable bonds is 7. The molecule has 28 heavy (non-hydrogen) atoms. The third kappa shape index (κ3) is 5.93. The predicted octanol–water partition coefficient (Wildman–Crippen LogP) is 3.20. The summed E-state index contributed by atoms with van der Waals surface area (Å²) in [5, 5.41) is 5.75. The van der Waals surface area contributed by atoms with Crippen LogP contribution in [-0.2, 0) is 22.6 Å². The van der Waals surface area contributed by atoms with Crippen molar-refractivity contribution in [3.63, 3.8) is 0 Å². The molecule has 3 rings (SSSR count). The maximum absolute atomic E-state index is 12.3. The van der Waals surface area contributed by atoms with Gasteiger partial charge in [-0.3, -0.25) is 4.79 Å². The zero-order valence-electron chi connectivity index (χ0n) is 15.5. The van der Waals surface area contributed by atoms with E-state index >= 15 is 0 Å². The van der Waals surface area contributed by atoms with Crippen LogP contribution in [0.5, 0.6) is 0 Å². The molecule has 4 N–H and O–H groups in total.